The maximum absolute atomic E-state index is 11.6. The molecule has 1 saturated heterocycles. The number of unbranched alkanes of at least 4 members (excludes halogenated alkanes) is 1. The van der Waals surface area contributed by atoms with Crippen LogP contribution in [0.15, 0.2) is 0 Å². The van der Waals surface area contributed by atoms with Crippen molar-refractivity contribution in [1.82, 2.24) is 4.90 Å². The molecule has 0 aliphatic carbocycles. The Hall–Kier alpha value is -1.04. The molecule has 1 heterocycles. The topological polar surface area (TPSA) is 44.1 Å². The van der Waals surface area contributed by atoms with Crippen molar-refractivity contribution in [2.75, 3.05) is 6.54 Å². The van der Waals surface area contributed by atoms with E-state index in [1.54, 1.807) is 0 Å². The average molecular weight is 180 g/mol. The normalized spacial score (nSPS) is 27.8. The molecule has 0 radical (unpaired) electrons. The Balaban J connectivity index is 2.41. The van der Waals surface area contributed by atoms with Gasteiger partial charge in [-0.3, -0.25) is 4.79 Å². The van der Waals surface area contributed by atoms with Crippen LogP contribution in [0.1, 0.15) is 33.1 Å². The molecule has 0 spiro atoms. The zero-order valence-corrected chi connectivity index (χ0v) is 8.29. The van der Waals surface area contributed by atoms with E-state index in [1.165, 1.54) is 0 Å². The van der Waals surface area contributed by atoms with Gasteiger partial charge in [-0.05, 0) is 19.8 Å². The Morgan fingerprint density at radius 1 is 1.62 bits per heavy atom. The zero-order valence-electron chi connectivity index (χ0n) is 8.29. The largest absolute Gasteiger partial charge is 0.340 e. The summed E-state index contributed by atoms with van der Waals surface area (Å²) < 4.78 is 0. The summed E-state index contributed by atoms with van der Waals surface area (Å²) >= 11 is 0. The van der Waals surface area contributed by atoms with Gasteiger partial charge in [0, 0.05) is 24.9 Å². The van der Waals surface area contributed by atoms with E-state index in [1.807, 2.05) is 11.8 Å². The molecule has 2 atom stereocenters. The highest BCUT2D eigenvalue weighted by Gasteiger charge is 2.33. The predicted molar refractivity (Wildman–Crippen MR) is 49.8 cm³/mol. The number of likely N-dealkylation sites (tertiary alicyclic amines) is 1. The molecule has 1 fully saturated rings. The molecule has 1 rings (SSSR count). The van der Waals surface area contributed by atoms with Gasteiger partial charge in [0.25, 0.3) is 0 Å². The van der Waals surface area contributed by atoms with Crippen LogP contribution < -0.4 is 0 Å². The first kappa shape index (κ1) is 10.0. The summed E-state index contributed by atoms with van der Waals surface area (Å²) in [7, 11) is 0. The number of amides is 1. The second-order valence-corrected chi connectivity index (χ2v) is 3.78. The zero-order chi connectivity index (χ0) is 9.84. The van der Waals surface area contributed by atoms with Crippen molar-refractivity contribution < 1.29 is 4.79 Å². The van der Waals surface area contributed by atoms with E-state index >= 15 is 0 Å². The molecular weight excluding hydrogens is 164 g/mol. The fourth-order valence-corrected chi connectivity index (χ4v) is 1.90. The second kappa shape index (κ2) is 4.27. The van der Waals surface area contributed by atoms with Crippen LogP contribution in [0.2, 0.25) is 0 Å². The highest BCUT2D eigenvalue weighted by Crippen LogP contribution is 2.23. The number of hydrogen-bond acceptors (Lipinski definition) is 2. The average Bonchev–Trinajstić information content (AvgIpc) is 2.32. The van der Waals surface area contributed by atoms with E-state index in [2.05, 4.69) is 13.0 Å². The minimum Gasteiger partial charge on any atom is -0.340 e. The molecule has 1 aliphatic heterocycles. The summed E-state index contributed by atoms with van der Waals surface area (Å²) in [5, 5.41) is 8.37. The van der Waals surface area contributed by atoms with Crippen molar-refractivity contribution in [2.24, 2.45) is 5.92 Å². The van der Waals surface area contributed by atoms with E-state index < -0.39 is 0 Å². The van der Waals surface area contributed by atoms with Crippen LogP contribution in [0.5, 0.6) is 0 Å². The smallest absolute Gasteiger partial charge is 0.225 e. The quantitative estimate of drug-likeness (QED) is 0.618. The number of rotatable bonds is 3. The van der Waals surface area contributed by atoms with Crippen LogP contribution in [0.3, 0.4) is 0 Å². The molecule has 0 saturated carbocycles. The fourth-order valence-electron chi connectivity index (χ4n) is 1.90. The van der Waals surface area contributed by atoms with Crippen LogP contribution in [-0.4, -0.2) is 23.4 Å². The van der Waals surface area contributed by atoms with Crippen molar-refractivity contribution in [1.29, 1.82) is 5.26 Å². The maximum atomic E-state index is 11.6. The molecule has 3 nitrogen and oxygen atoms in total. The Bertz CT molecular complexity index is 232. The van der Waals surface area contributed by atoms with Gasteiger partial charge >= 0.3 is 0 Å². The Labute approximate surface area is 79.3 Å². The summed E-state index contributed by atoms with van der Waals surface area (Å²) in [4.78, 5) is 13.5. The SMILES string of the molecule is CC1CC(C)N(CCCC#N)C1=O. The van der Waals surface area contributed by atoms with Gasteiger partial charge in [0.1, 0.15) is 0 Å². The summed E-state index contributed by atoms with van der Waals surface area (Å²) in [6.45, 7) is 4.80. The van der Waals surface area contributed by atoms with Gasteiger partial charge in [-0.1, -0.05) is 6.92 Å². The molecule has 0 aromatic carbocycles. The molecule has 0 bridgehead atoms. The Morgan fingerprint density at radius 3 is 2.77 bits per heavy atom. The highest BCUT2D eigenvalue weighted by atomic mass is 16.2. The molecule has 0 aromatic rings. The van der Waals surface area contributed by atoms with E-state index in [4.69, 9.17) is 5.26 Å². The summed E-state index contributed by atoms with van der Waals surface area (Å²) in [5.41, 5.74) is 0. The Morgan fingerprint density at radius 2 is 2.31 bits per heavy atom. The molecular formula is C10H16N2O. The summed E-state index contributed by atoms with van der Waals surface area (Å²) in [6, 6.07) is 2.46. The standard InChI is InChI=1S/C10H16N2O/c1-8-7-9(2)12(10(8)13)6-4-3-5-11/h8-9H,3-4,6-7H2,1-2H3. The molecule has 2 unspecified atom stereocenters. The van der Waals surface area contributed by atoms with Crippen molar-refractivity contribution in [3.63, 3.8) is 0 Å². The minimum atomic E-state index is 0.178. The lowest BCUT2D eigenvalue weighted by molar-refractivity contribution is -0.131. The fraction of sp³-hybridized carbons (Fsp3) is 0.800. The van der Waals surface area contributed by atoms with Crippen molar-refractivity contribution >= 4 is 5.91 Å². The van der Waals surface area contributed by atoms with Gasteiger partial charge in [-0.15, -0.1) is 0 Å². The number of carbonyl (C=O) groups is 1. The first-order chi connectivity index (χ1) is 6.16. The van der Waals surface area contributed by atoms with Gasteiger partial charge < -0.3 is 4.90 Å². The van der Waals surface area contributed by atoms with Crippen LogP contribution in [-0.2, 0) is 4.79 Å². The maximum Gasteiger partial charge on any atom is 0.225 e. The molecule has 1 aliphatic rings. The van der Waals surface area contributed by atoms with E-state index in [0.717, 1.165) is 19.4 Å². The van der Waals surface area contributed by atoms with Crippen LogP contribution in [0, 0.1) is 17.2 Å². The molecule has 0 aromatic heterocycles. The molecule has 72 valence electrons. The minimum absolute atomic E-state index is 0.178. The van der Waals surface area contributed by atoms with Gasteiger partial charge in [0.05, 0.1) is 6.07 Å². The van der Waals surface area contributed by atoms with Crippen LogP contribution in [0.25, 0.3) is 0 Å². The Kier molecular flexibility index (Phi) is 3.30. The molecule has 13 heavy (non-hydrogen) atoms. The van der Waals surface area contributed by atoms with E-state index in [0.29, 0.717) is 12.5 Å². The predicted octanol–water partition coefficient (Wildman–Crippen LogP) is 1.55. The summed E-state index contributed by atoms with van der Waals surface area (Å²) in [5.74, 6) is 0.433. The van der Waals surface area contributed by atoms with Crippen LogP contribution in [0.4, 0.5) is 0 Å². The lowest BCUT2D eigenvalue weighted by atomic mass is 10.1. The highest BCUT2D eigenvalue weighted by molar-refractivity contribution is 5.81. The van der Waals surface area contributed by atoms with Crippen LogP contribution >= 0.6 is 0 Å². The first-order valence-corrected chi connectivity index (χ1v) is 4.84. The monoisotopic (exact) mass is 180 g/mol. The van der Waals surface area contributed by atoms with Gasteiger partial charge in [0.2, 0.25) is 5.91 Å². The summed E-state index contributed by atoms with van der Waals surface area (Å²) in [6.07, 6.45) is 2.32. The number of carbonyl (C=O) groups excluding carboxylic acids is 1. The first-order valence-electron chi connectivity index (χ1n) is 4.84. The third-order valence-corrected chi connectivity index (χ3v) is 2.62. The van der Waals surface area contributed by atoms with Gasteiger partial charge in [-0.2, -0.15) is 5.26 Å². The lowest BCUT2D eigenvalue weighted by Gasteiger charge is -2.20. The lowest BCUT2D eigenvalue weighted by Crippen LogP contribution is -2.32. The van der Waals surface area contributed by atoms with Crippen molar-refractivity contribution in [3.05, 3.63) is 0 Å². The number of hydrogen-bond donors (Lipinski definition) is 0. The second-order valence-electron chi connectivity index (χ2n) is 3.78. The van der Waals surface area contributed by atoms with E-state index in [-0.39, 0.29) is 11.8 Å². The molecule has 0 N–H and O–H groups in total. The number of nitrogens with zero attached hydrogens (tertiary/aromatic N) is 2. The van der Waals surface area contributed by atoms with Crippen molar-refractivity contribution in [3.8, 4) is 6.07 Å². The molecule has 1 amide bonds. The third kappa shape index (κ3) is 2.21. The van der Waals surface area contributed by atoms with Gasteiger partial charge in [0.15, 0.2) is 0 Å². The number of nitriles is 1. The molecule has 3 heteroatoms. The third-order valence-electron chi connectivity index (χ3n) is 2.62. The van der Waals surface area contributed by atoms with E-state index in [9.17, 15) is 4.79 Å². The van der Waals surface area contributed by atoms with Gasteiger partial charge in [-0.25, -0.2) is 0 Å². The van der Waals surface area contributed by atoms with Crippen molar-refractivity contribution in [2.45, 2.75) is 39.2 Å².